The van der Waals surface area contributed by atoms with E-state index in [1.54, 1.807) is 11.1 Å². The summed E-state index contributed by atoms with van der Waals surface area (Å²) in [5, 5.41) is 3.10. The van der Waals surface area contributed by atoms with Gasteiger partial charge in [0.25, 0.3) is 0 Å². The highest BCUT2D eigenvalue weighted by atomic mass is 16.6. The smallest absolute Gasteiger partial charge is 0.410 e. The van der Waals surface area contributed by atoms with Crippen LogP contribution in [0.1, 0.15) is 40.3 Å². The van der Waals surface area contributed by atoms with Gasteiger partial charge in [-0.05, 0) is 65.5 Å². The van der Waals surface area contributed by atoms with Crippen molar-refractivity contribution in [3.63, 3.8) is 0 Å². The minimum Gasteiger partial charge on any atom is -0.489 e. The van der Waals surface area contributed by atoms with Crippen LogP contribution in [0.15, 0.2) is 18.3 Å². The molecule has 154 valence electrons. The Bertz CT molecular complexity index is 744. The predicted octanol–water partition coefficient (Wildman–Crippen LogP) is 2.78. The van der Waals surface area contributed by atoms with Gasteiger partial charge in [-0.2, -0.15) is 0 Å². The summed E-state index contributed by atoms with van der Waals surface area (Å²) < 4.78 is 11.3. The van der Waals surface area contributed by atoms with Crippen molar-refractivity contribution in [2.45, 2.75) is 52.7 Å². The van der Waals surface area contributed by atoms with Crippen LogP contribution in [0.3, 0.4) is 0 Å². The topological polar surface area (TPSA) is 80.8 Å². The van der Waals surface area contributed by atoms with Gasteiger partial charge in [-0.25, -0.2) is 4.79 Å². The van der Waals surface area contributed by atoms with E-state index in [0.29, 0.717) is 19.7 Å². The number of amides is 2. The molecule has 1 saturated carbocycles. The Kier molecular flexibility index (Phi) is 5.30. The minimum absolute atomic E-state index is 0.0295. The molecule has 1 aliphatic heterocycles. The van der Waals surface area contributed by atoms with Gasteiger partial charge in [0.15, 0.2) is 0 Å². The van der Waals surface area contributed by atoms with Crippen LogP contribution in [-0.4, -0.2) is 52.7 Å². The Morgan fingerprint density at radius 3 is 2.43 bits per heavy atom. The summed E-state index contributed by atoms with van der Waals surface area (Å²) in [6.07, 6.45) is 1.43. The first-order chi connectivity index (χ1) is 13.0. The van der Waals surface area contributed by atoms with E-state index >= 15 is 0 Å². The van der Waals surface area contributed by atoms with Gasteiger partial charge in [0, 0.05) is 25.2 Å². The van der Waals surface area contributed by atoms with Crippen molar-refractivity contribution in [1.82, 2.24) is 15.2 Å². The zero-order valence-corrected chi connectivity index (χ0v) is 17.6. The first-order valence-electron chi connectivity index (χ1n) is 9.81. The summed E-state index contributed by atoms with van der Waals surface area (Å²) in [7, 11) is 0. The van der Waals surface area contributed by atoms with Gasteiger partial charge in [-0.3, -0.25) is 9.78 Å². The standard InChI is InChI=1S/C21H31N3O4/c1-13-16(8-7-9-22-13)27-12-21(5,6)23-18(25)17-14-10-24(11-15(14)17)19(26)28-20(2,3)4/h7-9,14-15,17H,10-12H2,1-6H3,(H,23,25). The molecule has 0 spiro atoms. The zero-order valence-electron chi connectivity index (χ0n) is 17.6. The molecular formula is C21H31N3O4. The Balaban J connectivity index is 1.46. The van der Waals surface area contributed by atoms with Crippen molar-refractivity contribution in [2.75, 3.05) is 19.7 Å². The van der Waals surface area contributed by atoms with Gasteiger partial charge < -0.3 is 19.7 Å². The van der Waals surface area contributed by atoms with Crippen LogP contribution >= 0.6 is 0 Å². The number of hydrogen-bond acceptors (Lipinski definition) is 5. The zero-order chi connectivity index (χ0) is 20.7. The van der Waals surface area contributed by atoms with Crippen LogP contribution in [0.25, 0.3) is 0 Å². The van der Waals surface area contributed by atoms with Crippen LogP contribution < -0.4 is 10.1 Å². The largest absolute Gasteiger partial charge is 0.489 e. The Morgan fingerprint density at radius 2 is 1.86 bits per heavy atom. The SMILES string of the molecule is Cc1ncccc1OCC(C)(C)NC(=O)C1C2CN(C(=O)OC(C)(C)C)CC21. The van der Waals surface area contributed by atoms with Crippen molar-refractivity contribution >= 4 is 12.0 Å². The summed E-state index contributed by atoms with van der Waals surface area (Å²) >= 11 is 0. The number of rotatable bonds is 5. The first kappa shape index (κ1) is 20.4. The molecule has 1 aliphatic carbocycles. The molecule has 7 nitrogen and oxygen atoms in total. The molecule has 0 aromatic carbocycles. The maximum Gasteiger partial charge on any atom is 0.410 e. The van der Waals surface area contributed by atoms with Gasteiger partial charge in [-0.15, -0.1) is 0 Å². The quantitative estimate of drug-likeness (QED) is 0.838. The number of ether oxygens (including phenoxy) is 2. The molecule has 2 atom stereocenters. The van der Waals surface area contributed by atoms with Gasteiger partial charge >= 0.3 is 6.09 Å². The summed E-state index contributed by atoms with van der Waals surface area (Å²) in [5.74, 6) is 1.18. The molecule has 2 amide bonds. The van der Waals surface area contributed by atoms with Crippen LogP contribution in [-0.2, 0) is 9.53 Å². The number of likely N-dealkylation sites (tertiary alicyclic amines) is 1. The monoisotopic (exact) mass is 389 g/mol. The van der Waals surface area contributed by atoms with Crippen molar-refractivity contribution in [3.05, 3.63) is 24.0 Å². The number of hydrogen-bond donors (Lipinski definition) is 1. The summed E-state index contributed by atoms with van der Waals surface area (Å²) in [5.41, 5.74) is -0.179. The third kappa shape index (κ3) is 4.75. The normalized spacial score (nSPS) is 23.8. The number of carbonyl (C=O) groups excluding carboxylic acids is 2. The van der Waals surface area contributed by atoms with Gasteiger partial charge in [0.2, 0.25) is 5.91 Å². The van der Waals surface area contributed by atoms with E-state index in [-0.39, 0.29) is 29.8 Å². The van der Waals surface area contributed by atoms with Crippen LogP contribution in [0.5, 0.6) is 5.75 Å². The molecule has 1 saturated heterocycles. The fourth-order valence-electron chi connectivity index (χ4n) is 3.72. The summed E-state index contributed by atoms with van der Waals surface area (Å²) in [4.78, 5) is 30.8. The maximum absolute atomic E-state index is 12.7. The lowest BCUT2D eigenvalue weighted by Gasteiger charge is -2.28. The van der Waals surface area contributed by atoms with Gasteiger partial charge in [0.1, 0.15) is 18.0 Å². The lowest BCUT2D eigenvalue weighted by molar-refractivity contribution is -0.125. The lowest BCUT2D eigenvalue weighted by atomic mass is 10.1. The molecule has 2 fully saturated rings. The van der Waals surface area contributed by atoms with Crippen molar-refractivity contribution in [1.29, 1.82) is 0 Å². The fourth-order valence-corrected chi connectivity index (χ4v) is 3.72. The van der Waals surface area contributed by atoms with Crippen LogP contribution in [0.2, 0.25) is 0 Å². The average Bonchev–Trinajstić information content (AvgIpc) is 3.07. The van der Waals surface area contributed by atoms with E-state index in [9.17, 15) is 9.59 Å². The number of fused-ring (bicyclic) bond motifs is 1. The molecule has 0 bridgehead atoms. The molecule has 3 rings (SSSR count). The highest BCUT2D eigenvalue weighted by Crippen LogP contribution is 2.52. The van der Waals surface area contributed by atoms with Crippen LogP contribution in [0.4, 0.5) is 4.79 Å². The van der Waals surface area contributed by atoms with Gasteiger partial charge in [-0.1, -0.05) is 0 Å². The Morgan fingerprint density at radius 1 is 1.21 bits per heavy atom. The number of pyridine rings is 1. The van der Waals surface area contributed by atoms with Crippen LogP contribution in [0, 0.1) is 24.7 Å². The molecule has 1 N–H and O–H groups in total. The third-order valence-electron chi connectivity index (χ3n) is 5.16. The van der Waals surface area contributed by atoms with Crippen molar-refractivity contribution in [2.24, 2.45) is 17.8 Å². The predicted molar refractivity (Wildman–Crippen MR) is 105 cm³/mol. The van der Waals surface area contributed by atoms with E-state index < -0.39 is 11.1 Å². The first-order valence-corrected chi connectivity index (χ1v) is 9.81. The molecule has 2 heterocycles. The number of aryl methyl sites for hydroxylation is 1. The molecule has 2 unspecified atom stereocenters. The average molecular weight is 389 g/mol. The van der Waals surface area contributed by atoms with E-state index in [1.807, 2.05) is 53.7 Å². The highest BCUT2D eigenvalue weighted by Gasteiger charge is 2.61. The summed E-state index contributed by atoms with van der Waals surface area (Å²) in [6.45, 7) is 12.9. The third-order valence-corrected chi connectivity index (χ3v) is 5.16. The van der Waals surface area contributed by atoms with Crippen molar-refractivity contribution < 1.29 is 19.1 Å². The second kappa shape index (κ2) is 7.26. The lowest BCUT2D eigenvalue weighted by Crippen LogP contribution is -2.49. The highest BCUT2D eigenvalue weighted by molar-refractivity contribution is 5.84. The molecule has 0 radical (unpaired) electrons. The fraction of sp³-hybridized carbons (Fsp3) is 0.667. The number of aromatic nitrogens is 1. The van der Waals surface area contributed by atoms with Crippen molar-refractivity contribution in [3.8, 4) is 5.75 Å². The van der Waals surface area contributed by atoms with Gasteiger partial charge in [0.05, 0.1) is 11.2 Å². The number of piperidine rings is 1. The van der Waals surface area contributed by atoms with E-state index in [4.69, 9.17) is 9.47 Å². The van der Waals surface area contributed by atoms with E-state index in [2.05, 4.69) is 10.3 Å². The molecule has 28 heavy (non-hydrogen) atoms. The Hall–Kier alpha value is -2.31. The van der Waals surface area contributed by atoms with E-state index in [0.717, 1.165) is 11.4 Å². The maximum atomic E-state index is 12.7. The Labute approximate surface area is 166 Å². The number of nitrogens with zero attached hydrogens (tertiary/aromatic N) is 2. The summed E-state index contributed by atoms with van der Waals surface area (Å²) in [6, 6.07) is 3.70. The second-order valence-electron chi connectivity index (χ2n) is 9.49. The second-order valence-corrected chi connectivity index (χ2v) is 9.49. The molecule has 7 heteroatoms. The molecule has 1 aromatic rings. The van der Waals surface area contributed by atoms with E-state index in [1.165, 1.54) is 0 Å². The molecule has 1 aromatic heterocycles. The minimum atomic E-state index is -0.503. The number of carbonyl (C=O) groups is 2. The number of nitrogens with one attached hydrogen (secondary N) is 1. The molecular weight excluding hydrogens is 358 g/mol. The molecule has 2 aliphatic rings.